The molecule has 0 unspecified atom stereocenters. The molecule has 0 aromatic carbocycles. The summed E-state index contributed by atoms with van der Waals surface area (Å²) < 4.78 is 36.3. The third kappa shape index (κ3) is 8.35. The lowest BCUT2D eigenvalue weighted by Gasteiger charge is -2.28. The van der Waals surface area contributed by atoms with Gasteiger partial charge in [0.05, 0.1) is 12.7 Å². The van der Waals surface area contributed by atoms with E-state index < -0.39 is 15.6 Å². The summed E-state index contributed by atoms with van der Waals surface area (Å²) in [6, 6.07) is 0. The summed E-state index contributed by atoms with van der Waals surface area (Å²) in [6.45, 7) is 6.55. The molecule has 1 aliphatic carbocycles. The average molecular weight is 484 g/mol. The van der Waals surface area contributed by atoms with E-state index in [2.05, 4.69) is 10.1 Å². The first-order valence-electron chi connectivity index (χ1n) is 12.5. The quantitative estimate of drug-likeness (QED) is 0.466. The zero-order chi connectivity index (χ0) is 24.1. The molecule has 1 saturated heterocycles. The van der Waals surface area contributed by atoms with Gasteiger partial charge in [-0.2, -0.15) is 4.98 Å². The molecule has 1 aromatic rings. The molecule has 0 spiro atoms. The van der Waals surface area contributed by atoms with Crippen molar-refractivity contribution in [2.24, 2.45) is 5.92 Å². The normalized spacial score (nSPS) is 20.6. The van der Waals surface area contributed by atoms with Crippen LogP contribution in [0.5, 0.6) is 0 Å². The SMILES string of the molecule is CC(C)(C)OC(=O)C[C@H](CCCC1CCCCC1)c1nc(C2CCN(S(C)(=O)=O)CC2)no1. The van der Waals surface area contributed by atoms with Crippen LogP contribution in [0.4, 0.5) is 0 Å². The Morgan fingerprint density at radius 3 is 2.42 bits per heavy atom. The van der Waals surface area contributed by atoms with Gasteiger partial charge in [0.1, 0.15) is 5.60 Å². The highest BCUT2D eigenvalue weighted by Gasteiger charge is 2.31. The highest BCUT2D eigenvalue weighted by molar-refractivity contribution is 7.88. The molecule has 9 heteroatoms. The van der Waals surface area contributed by atoms with Crippen molar-refractivity contribution in [2.75, 3.05) is 19.3 Å². The van der Waals surface area contributed by atoms with Gasteiger partial charge in [0.15, 0.2) is 5.82 Å². The Balaban J connectivity index is 1.62. The molecule has 188 valence electrons. The van der Waals surface area contributed by atoms with Crippen molar-refractivity contribution in [1.29, 1.82) is 0 Å². The van der Waals surface area contributed by atoms with Gasteiger partial charge in [-0.1, -0.05) is 50.1 Å². The van der Waals surface area contributed by atoms with Crippen LogP contribution in [0.25, 0.3) is 0 Å². The highest BCUT2D eigenvalue weighted by Crippen LogP contribution is 2.33. The van der Waals surface area contributed by atoms with Gasteiger partial charge < -0.3 is 9.26 Å². The zero-order valence-corrected chi connectivity index (χ0v) is 21.5. The minimum Gasteiger partial charge on any atom is -0.460 e. The monoisotopic (exact) mass is 483 g/mol. The van der Waals surface area contributed by atoms with Crippen LogP contribution < -0.4 is 0 Å². The fourth-order valence-corrected chi connectivity index (χ4v) is 5.92. The third-order valence-corrected chi connectivity index (χ3v) is 8.12. The topological polar surface area (TPSA) is 103 Å². The molecule has 8 nitrogen and oxygen atoms in total. The molecular formula is C24H41N3O5S. The smallest absolute Gasteiger partial charge is 0.307 e. The lowest BCUT2D eigenvalue weighted by Crippen LogP contribution is -2.37. The van der Waals surface area contributed by atoms with Crippen LogP contribution in [0.2, 0.25) is 0 Å². The predicted molar refractivity (Wildman–Crippen MR) is 126 cm³/mol. The van der Waals surface area contributed by atoms with E-state index >= 15 is 0 Å². The van der Waals surface area contributed by atoms with Crippen molar-refractivity contribution >= 4 is 16.0 Å². The maximum Gasteiger partial charge on any atom is 0.307 e. The molecule has 1 aliphatic heterocycles. The van der Waals surface area contributed by atoms with Crippen LogP contribution in [-0.4, -0.2) is 53.8 Å². The minimum absolute atomic E-state index is 0.0740. The van der Waals surface area contributed by atoms with E-state index in [4.69, 9.17) is 9.26 Å². The van der Waals surface area contributed by atoms with Gasteiger partial charge in [-0.15, -0.1) is 0 Å². The number of aromatic nitrogens is 2. The summed E-state index contributed by atoms with van der Waals surface area (Å²) in [5.41, 5.74) is -0.530. The molecule has 1 aromatic heterocycles. The Morgan fingerprint density at radius 2 is 1.82 bits per heavy atom. The van der Waals surface area contributed by atoms with Crippen LogP contribution in [0.3, 0.4) is 0 Å². The van der Waals surface area contributed by atoms with Gasteiger partial charge in [0, 0.05) is 24.9 Å². The molecule has 0 bridgehead atoms. The fourth-order valence-electron chi connectivity index (χ4n) is 5.05. The van der Waals surface area contributed by atoms with Crippen molar-refractivity contribution in [3.63, 3.8) is 0 Å². The molecular weight excluding hydrogens is 442 g/mol. The molecule has 2 heterocycles. The minimum atomic E-state index is -3.17. The number of rotatable bonds is 9. The number of nitrogens with zero attached hydrogens (tertiary/aromatic N) is 3. The predicted octanol–water partition coefficient (Wildman–Crippen LogP) is 4.77. The van der Waals surface area contributed by atoms with Crippen LogP contribution in [-0.2, 0) is 19.6 Å². The summed E-state index contributed by atoms with van der Waals surface area (Å²) in [6.07, 6.45) is 12.5. The Hall–Kier alpha value is -1.48. The van der Waals surface area contributed by atoms with Gasteiger partial charge in [-0.05, 0) is 46.0 Å². The van der Waals surface area contributed by atoms with Crippen molar-refractivity contribution < 1.29 is 22.5 Å². The largest absolute Gasteiger partial charge is 0.460 e. The molecule has 2 fully saturated rings. The highest BCUT2D eigenvalue weighted by atomic mass is 32.2. The molecule has 33 heavy (non-hydrogen) atoms. The maximum atomic E-state index is 12.6. The lowest BCUT2D eigenvalue weighted by molar-refractivity contribution is -0.155. The van der Waals surface area contributed by atoms with Crippen LogP contribution in [0.15, 0.2) is 4.52 Å². The Labute approximate surface area is 198 Å². The summed E-state index contributed by atoms with van der Waals surface area (Å²) in [5.74, 6) is 1.60. The second-order valence-electron chi connectivity index (χ2n) is 10.8. The van der Waals surface area contributed by atoms with E-state index in [-0.39, 0.29) is 24.2 Å². The fraction of sp³-hybridized carbons (Fsp3) is 0.875. The van der Waals surface area contributed by atoms with Crippen LogP contribution in [0, 0.1) is 5.92 Å². The summed E-state index contributed by atoms with van der Waals surface area (Å²) >= 11 is 0. The lowest BCUT2D eigenvalue weighted by atomic mass is 9.84. The average Bonchev–Trinajstić information content (AvgIpc) is 3.22. The number of ether oxygens (including phenoxy) is 1. The van der Waals surface area contributed by atoms with Gasteiger partial charge in [-0.25, -0.2) is 12.7 Å². The van der Waals surface area contributed by atoms with E-state index in [9.17, 15) is 13.2 Å². The maximum absolute atomic E-state index is 12.6. The number of carbonyl (C=O) groups is 1. The van der Waals surface area contributed by atoms with Gasteiger partial charge in [-0.3, -0.25) is 4.79 Å². The Kier molecular flexibility index (Phi) is 8.95. The van der Waals surface area contributed by atoms with Gasteiger partial charge >= 0.3 is 5.97 Å². The standard InChI is InChI=1S/C24H41N3O5S/c1-24(2,3)31-21(28)17-20(12-8-11-18-9-6-5-7-10-18)23-25-22(26-32-23)19-13-15-27(16-14-19)33(4,29)30/h18-20H,5-17H2,1-4H3/t20-/m0/s1. The van der Waals surface area contributed by atoms with E-state index in [1.165, 1.54) is 49.1 Å². The summed E-state index contributed by atoms with van der Waals surface area (Å²) in [7, 11) is -3.17. The summed E-state index contributed by atoms with van der Waals surface area (Å²) in [4.78, 5) is 17.3. The number of hydrogen-bond acceptors (Lipinski definition) is 7. The summed E-state index contributed by atoms with van der Waals surface area (Å²) in [5, 5.41) is 4.22. The molecule has 0 radical (unpaired) electrons. The molecule has 1 saturated carbocycles. The van der Waals surface area contributed by atoms with Crippen molar-refractivity contribution in [3.8, 4) is 0 Å². The molecule has 3 rings (SSSR count). The molecule has 0 N–H and O–H groups in total. The molecule has 2 aliphatic rings. The molecule has 0 amide bonds. The van der Waals surface area contributed by atoms with Crippen molar-refractivity contribution in [3.05, 3.63) is 11.7 Å². The second kappa shape index (κ2) is 11.3. The Bertz CT molecular complexity index is 863. The van der Waals surface area contributed by atoms with Crippen LogP contribution in [0.1, 0.15) is 115 Å². The molecule has 1 atom stereocenters. The van der Waals surface area contributed by atoms with Crippen molar-refractivity contribution in [2.45, 2.75) is 109 Å². The zero-order valence-electron chi connectivity index (χ0n) is 20.7. The number of hydrogen-bond donors (Lipinski definition) is 0. The van der Waals surface area contributed by atoms with E-state index in [1.54, 1.807) is 0 Å². The second-order valence-corrected chi connectivity index (χ2v) is 12.8. The van der Waals surface area contributed by atoms with Gasteiger partial charge in [0.25, 0.3) is 0 Å². The van der Waals surface area contributed by atoms with E-state index in [0.29, 0.717) is 37.6 Å². The first-order valence-corrected chi connectivity index (χ1v) is 14.4. The first-order chi connectivity index (χ1) is 15.5. The number of piperidine rings is 1. The van der Waals surface area contributed by atoms with E-state index in [1.807, 2.05) is 20.8 Å². The number of esters is 1. The van der Waals surface area contributed by atoms with Crippen molar-refractivity contribution in [1.82, 2.24) is 14.4 Å². The third-order valence-electron chi connectivity index (χ3n) is 6.82. The van der Waals surface area contributed by atoms with E-state index in [0.717, 1.165) is 18.8 Å². The van der Waals surface area contributed by atoms with Crippen LogP contribution >= 0.6 is 0 Å². The Morgan fingerprint density at radius 1 is 1.15 bits per heavy atom. The first kappa shape index (κ1) is 26.1. The van der Waals surface area contributed by atoms with Gasteiger partial charge in [0.2, 0.25) is 15.9 Å². The number of sulfonamides is 1. The number of carbonyl (C=O) groups excluding carboxylic acids is 1.